The fraction of sp³-hybridized carbons (Fsp3) is 0. The monoisotopic (exact) mass is 280 g/mol. The second-order valence-corrected chi connectivity index (χ2v) is 4.31. The van der Waals surface area contributed by atoms with Gasteiger partial charge in [0.15, 0.2) is 0 Å². The first-order valence-corrected chi connectivity index (χ1v) is 6.29. The molecule has 0 N–H and O–H groups in total. The molecule has 2 rings (SSSR count). The lowest BCUT2D eigenvalue weighted by molar-refractivity contribution is 1.42. The quantitative estimate of drug-likeness (QED) is 0.788. The van der Waals surface area contributed by atoms with Gasteiger partial charge < -0.3 is 0 Å². The molecule has 0 aliphatic carbocycles. The van der Waals surface area contributed by atoms with Crippen molar-refractivity contribution in [2.24, 2.45) is 0 Å². The molecule has 0 atom stereocenters. The summed E-state index contributed by atoms with van der Waals surface area (Å²) in [6.45, 7) is 0. The van der Waals surface area contributed by atoms with E-state index in [0.29, 0.717) is 33.4 Å². The summed E-state index contributed by atoms with van der Waals surface area (Å²) in [7, 11) is 0. The van der Waals surface area contributed by atoms with Gasteiger partial charge in [0.1, 0.15) is 0 Å². The Labute approximate surface area is 128 Å². The Bertz CT molecular complexity index is 784. The van der Waals surface area contributed by atoms with E-state index in [1.54, 1.807) is 48.6 Å². The van der Waals surface area contributed by atoms with E-state index in [9.17, 15) is 0 Å². The summed E-state index contributed by atoms with van der Waals surface area (Å²) in [4.78, 5) is 0. The van der Waals surface area contributed by atoms with E-state index < -0.39 is 0 Å². The second kappa shape index (κ2) is 6.53. The minimum Gasteiger partial charge on any atom is -0.192 e. The van der Waals surface area contributed by atoms with Crippen molar-refractivity contribution in [3.63, 3.8) is 0 Å². The first-order chi connectivity index (χ1) is 10.7. The molecule has 4 heteroatoms. The fourth-order valence-electron chi connectivity index (χ4n) is 2.05. The SMILES string of the molecule is N#Cc1cccc(C#N)c1/C=C/c1c(C#N)cccc1C#N. The van der Waals surface area contributed by atoms with Crippen LogP contribution in [0.2, 0.25) is 0 Å². The van der Waals surface area contributed by atoms with E-state index >= 15 is 0 Å². The number of rotatable bonds is 2. The van der Waals surface area contributed by atoms with Crippen LogP contribution in [-0.2, 0) is 0 Å². The first-order valence-electron chi connectivity index (χ1n) is 6.29. The molecule has 2 aromatic rings. The summed E-state index contributed by atoms with van der Waals surface area (Å²) in [5.74, 6) is 0. The van der Waals surface area contributed by atoms with Gasteiger partial charge in [-0.2, -0.15) is 21.0 Å². The molecule has 0 spiro atoms. The molecule has 0 fully saturated rings. The van der Waals surface area contributed by atoms with Crippen molar-refractivity contribution in [2.45, 2.75) is 0 Å². The van der Waals surface area contributed by atoms with Gasteiger partial charge in [-0.25, -0.2) is 0 Å². The fourth-order valence-corrected chi connectivity index (χ4v) is 2.05. The predicted molar refractivity (Wildman–Crippen MR) is 80.7 cm³/mol. The predicted octanol–water partition coefficient (Wildman–Crippen LogP) is 3.34. The summed E-state index contributed by atoms with van der Waals surface area (Å²) < 4.78 is 0. The molecular formula is C18H8N4. The Morgan fingerprint density at radius 3 is 1.05 bits per heavy atom. The molecule has 0 aromatic heterocycles. The molecule has 100 valence electrons. The van der Waals surface area contributed by atoms with Crippen LogP contribution in [0.25, 0.3) is 12.2 Å². The zero-order chi connectivity index (χ0) is 15.9. The van der Waals surface area contributed by atoms with E-state index in [1.807, 2.05) is 24.3 Å². The van der Waals surface area contributed by atoms with Crippen molar-refractivity contribution in [1.29, 1.82) is 21.0 Å². The number of benzene rings is 2. The highest BCUT2D eigenvalue weighted by molar-refractivity contribution is 5.79. The summed E-state index contributed by atoms with van der Waals surface area (Å²) in [5.41, 5.74) is 2.41. The largest absolute Gasteiger partial charge is 0.192 e. The zero-order valence-electron chi connectivity index (χ0n) is 11.4. The topological polar surface area (TPSA) is 95.2 Å². The molecule has 22 heavy (non-hydrogen) atoms. The van der Waals surface area contributed by atoms with Gasteiger partial charge in [0.2, 0.25) is 0 Å². The Balaban J connectivity index is 2.62. The Kier molecular flexibility index (Phi) is 4.32. The zero-order valence-corrected chi connectivity index (χ0v) is 11.4. The molecule has 2 aromatic carbocycles. The first kappa shape index (κ1) is 14.5. The van der Waals surface area contributed by atoms with E-state index in [-0.39, 0.29) is 0 Å². The van der Waals surface area contributed by atoms with Gasteiger partial charge >= 0.3 is 0 Å². The number of hydrogen-bond donors (Lipinski definition) is 0. The Morgan fingerprint density at radius 1 is 0.545 bits per heavy atom. The van der Waals surface area contributed by atoms with E-state index in [1.165, 1.54) is 0 Å². The van der Waals surface area contributed by atoms with Crippen LogP contribution >= 0.6 is 0 Å². The second-order valence-electron chi connectivity index (χ2n) is 4.31. The van der Waals surface area contributed by atoms with Crippen LogP contribution in [0.3, 0.4) is 0 Å². The average molecular weight is 280 g/mol. The average Bonchev–Trinajstić information content (AvgIpc) is 2.58. The van der Waals surface area contributed by atoms with Crippen molar-refractivity contribution in [1.82, 2.24) is 0 Å². The molecule has 0 amide bonds. The van der Waals surface area contributed by atoms with Crippen LogP contribution in [0.1, 0.15) is 33.4 Å². The highest BCUT2D eigenvalue weighted by atomic mass is 14.3. The van der Waals surface area contributed by atoms with Gasteiger partial charge in [0.05, 0.1) is 46.5 Å². The van der Waals surface area contributed by atoms with Gasteiger partial charge in [-0.3, -0.25) is 0 Å². The third-order valence-corrected chi connectivity index (χ3v) is 3.11. The number of hydrogen-bond acceptors (Lipinski definition) is 4. The van der Waals surface area contributed by atoms with Gasteiger partial charge in [0, 0.05) is 11.1 Å². The van der Waals surface area contributed by atoms with Gasteiger partial charge in [-0.1, -0.05) is 24.3 Å². The number of nitrogens with zero attached hydrogens (tertiary/aromatic N) is 4. The molecule has 0 radical (unpaired) electrons. The lowest BCUT2D eigenvalue weighted by atomic mass is 9.98. The van der Waals surface area contributed by atoms with Crippen LogP contribution < -0.4 is 0 Å². The highest BCUT2D eigenvalue weighted by Gasteiger charge is 2.07. The molecule has 0 aliphatic rings. The maximum atomic E-state index is 9.14. The number of nitriles is 4. The molecule has 4 nitrogen and oxygen atoms in total. The smallest absolute Gasteiger partial charge is 0.0998 e. The maximum Gasteiger partial charge on any atom is 0.0998 e. The van der Waals surface area contributed by atoms with E-state index in [2.05, 4.69) is 0 Å². The van der Waals surface area contributed by atoms with Gasteiger partial charge in [0.25, 0.3) is 0 Å². The Hall–Kier alpha value is -3.86. The van der Waals surface area contributed by atoms with Crippen molar-refractivity contribution in [3.05, 3.63) is 69.8 Å². The van der Waals surface area contributed by atoms with Crippen LogP contribution in [0.4, 0.5) is 0 Å². The third-order valence-electron chi connectivity index (χ3n) is 3.11. The summed E-state index contributed by atoms with van der Waals surface area (Å²) in [6, 6.07) is 17.9. The minimum absolute atomic E-state index is 0.364. The molecule has 0 bridgehead atoms. The van der Waals surface area contributed by atoms with Crippen molar-refractivity contribution in [3.8, 4) is 24.3 Å². The van der Waals surface area contributed by atoms with Gasteiger partial charge in [-0.05, 0) is 24.3 Å². The van der Waals surface area contributed by atoms with Crippen molar-refractivity contribution < 1.29 is 0 Å². The molecular weight excluding hydrogens is 272 g/mol. The van der Waals surface area contributed by atoms with Gasteiger partial charge in [-0.15, -0.1) is 0 Å². The van der Waals surface area contributed by atoms with Crippen molar-refractivity contribution in [2.75, 3.05) is 0 Å². The molecule has 0 heterocycles. The summed E-state index contributed by atoms with van der Waals surface area (Å²) in [5, 5.41) is 36.6. The maximum absolute atomic E-state index is 9.14. The van der Waals surface area contributed by atoms with E-state index in [4.69, 9.17) is 21.0 Å². The molecule has 0 saturated heterocycles. The van der Waals surface area contributed by atoms with Crippen LogP contribution in [0.5, 0.6) is 0 Å². The lowest BCUT2D eigenvalue weighted by Crippen LogP contribution is -1.90. The minimum atomic E-state index is 0.364. The normalized spacial score (nSPS) is 9.45. The van der Waals surface area contributed by atoms with Crippen LogP contribution in [0.15, 0.2) is 36.4 Å². The highest BCUT2D eigenvalue weighted by Crippen LogP contribution is 2.20. The van der Waals surface area contributed by atoms with Crippen molar-refractivity contribution >= 4 is 12.2 Å². The van der Waals surface area contributed by atoms with Crippen LogP contribution in [-0.4, -0.2) is 0 Å². The summed E-state index contributed by atoms with van der Waals surface area (Å²) >= 11 is 0. The van der Waals surface area contributed by atoms with Crippen LogP contribution in [0, 0.1) is 45.3 Å². The molecule has 0 saturated carbocycles. The van der Waals surface area contributed by atoms with E-state index in [0.717, 1.165) is 0 Å². The summed E-state index contributed by atoms with van der Waals surface area (Å²) in [6.07, 6.45) is 3.18. The molecule has 0 unspecified atom stereocenters. The lowest BCUT2D eigenvalue weighted by Gasteiger charge is -2.03. The standard InChI is InChI=1S/C18H8N4/c19-9-13-3-1-4-14(10-20)17(13)7-8-18-15(11-21)5-2-6-16(18)12-22/h1-8H/b8-7+. The third kappa shape index (κ3) is 2.68. The molecule has 0 aliphatic heterocycles. The Morgan fingerprint density at radius 2 is 0.818 bits per heavy atom.